The van der Waals surface area contributed by atoms with E-state index in [1.807, 2.05) is 30.1 Å². The fraction of sp³-hybridized carbons (Fsp3) is 0.261. The number of benzene rings is 1. The van der Waals surface area contributed by atoms with Crippen molar-refractivity contribution < 1.29 is 14.7 Å². The highest BCUT2D eigenvalue weighted by Crippen LogP contribution is 2.34. The number of morpholine rings is 1. The predicted molar refractivity (Wildman–Crippen MR) is 137 cm³/mol. The number of nitrogens with zero attached hydrogens (tertiary/aromatic N) is 8. The number of carbonyl (C=O) groups excluding carboxylic acids is 1. The van der Waals surface area contributed by atoms with Gasteiger partial charge >= 0.3 is 0 Å². The molecular formula is C23H22N10O3S. The molecule has 4 aromatic heterocycles. The molecule has 14 heteroatoms. The van der Waals surface area contributed by atoms with Gasteiger partial charge in [0.05, 0.1) is 37.0 Å². The van der Waals surface area contributed by atoms with Crippen LogP contribution in [0.4, 0.5) is 11.8 Å². The van der Waals surface area contributed by atoms with Gasteiger partial charge in [0.25, 0.3) is 5.91 Å². The molecule has 13 nitrogen and oxygen atoms in total. The summed E-state index contributed by atoms with van der Waals surface area (Å²) < 4.78 is 6.47. The Morgan fingerprint density at radius 3 is 2.78 bits per heavy atom. The molecule has 6 rings (SSSR count). The second-order valence-corrected chi connectivity index (χ2v) is 9.52. The van der Waals surface area contributed by atoms with Crippen LogP contribution < -0.4 is 15.3 Å². The topological polar surface area (TPSA) is 158 Å². The quantitative estimate of drug-likeness (QED) is 0.223. The van der Waals surface area contributed by atoms with Gasteiger partial charge in [0.2, 0.25) is 5.95 Å². The number of hydrogen-bond acceptors (Lipinski definition) is 12. The number of anilines is 2. The number of fused-ring (bicyclic) bond motifs is 2. The maximum absolute atomic E-state index is 11.5. The van der Waals surface area contributed by atoms with E-state index in [4.69, 9.17) is 24.9 Å². The number of carbonyl (C=O) groups is 1. The van der Waals surface area contributed by atoms with Gasteiger partial charge in [-0.2, -0.15) is 5.10 Å². The Bertz CT molecular complexity index is 1580. The van der Waals surface area contributed by atoms with Crippen molar-refractivity contribution in [3.05, 3.63) is 47.4 Å². The average Bonchev–Trinajstić information content (AvgIpc) is 3.59. The maximum Gasteiger partial charge on any atom is 0.277 e. The molecule has 0 aliphatic carbocycles. The summed E-state index contributed by atoms with van der Waals surface area (Å²) in [4.78, 5) is 38.7. The average molecular weight is 519 g/mol. The zero-order valence-electron chi connectivity index (χ0n) is 19.7. The Kier molecular flexibility index (Phi) is 6.04. The largest absolute Gasteiger partial charge is 0.378 e. The Morgan fingerprint density at radius 2 is 2.00 bits per heavy atom. The highest BCUT2D eigenvalue weighted by atomic mass is 32.1. The molecule has 37 heavy (non-hydrogen) atoms. The van der Waals surface area contributed by atoms with E-state index in [0.717, 1.165) is 45.1 Å². The van der Waals surface area contributed by atoms with Crippen LogP contribution in [0.1, 0.15) is 15.4 Å². The van der Waals surface area contributed by atoms with Gasteiger partial charge in [-0.1, -0.05) is 12.1 Å². The SMILES string of the molecule is CN(Cc1nc2nc(-c3cccc4[nH]ncc34)nc(N3CCOCC3)c2s1)c1ncc(C(=O)NO)cn1. The lowest BCUT2D eigenvalue weighted by Gasteiger charge is -2.28. The molecule has 1 aliphatic heterocycles. The fourth-order valence-electron chi connectivity index (χ4n) is 4.17. The second kappa shape index (κ2) is 9.65. The molecule has 0 unspecified atom stereocenters. The number of thiazole rings is 1. The van der Waals surface area contributed by atoms with E-state index in [1.165, 1.54) is 23.7 Å². The minimum absolute atomic E-state index is 0.158. The number of nitrogens with one attached hydrogen (secondary N) is 2. The van der Waals surface area contributed by atoms with Crippen LogP contribution in [0.3, 0.4) is 0 Å². The predicted octanol–water partition coefficient (Wildman–Crippen LogP) is 2.01. The van der Waals surface area contributed by atoms with Gasteiger partial charge < -0.3 is 14.5 Å². The lowest BCUT2D eigenvalue weighted by molar-refractivity contribution is 0.0705. The van der Waals surface area contributed by atoms with Crippen LogP contribution in [-0.4, -0.2) is 79.6 Å². The summed E-state index contributed by atoms with van der Waals surface area (Å²) in [6.07, 6.45) is 4.49. The van der Waals surface area contributed by atoms with Gasteiger partial charge in [-0.25, -0.2) is 30.4 Å². The number of amides is 1. The Morgan fingerprint density at radius 1 is 1.19 bits per heavy atom. The van der Waals surface area contributed by atoms with Crippen molar-refractivity contribution in [3.63, 3.8) is 0 Å². The van der Waals surface area contributed by atoms with Crippen LogP contribution >= 0.6 is 11.3 Å². The minimum atomic E-state index is -0.670. The van der Waals surface area contributed by atoms with Gasteiger partial charge in [-0.15, -0.1) is 11.3 Å². The van der Waals surface area contributed by atoms with Crippen LogP contribution in [0.5, 0.6) is 0 Å². The van der Waals surface area contributed by atoms with Gasteiger partial charge in [-0.3, -0.25) is 15.1 Å². The first-order chi connectivity index (χ1) is 18.1. The summed E-state index contributed by atoms with van der Waals surface area (Å²) >= 11 is 1.53. The van der Waals surface area contributed by atoms with E-state index in [-0.39, 0.29) is 5.56 Å². The molecule has 1 aliphatic rings. The highest BCUT2D eigenvalue weighted by molar-refractivity contribution is 7.19. The summed E-state index contributed by atoms with van der Waals surface area (Å²) in [5.74, 6) is 1.18. The number of H-pyrrole nitrogens is 1. The molecule has 3 N–H and O–H groups in total. The third-order valence-corrected chi connectivity index (χ3v) is 7.06. The smallest absolute Gasteiger partial charge is 0.277 e. The number of aromatic nitrogens is 7. The van der Waals surface area contributed by atoms with Gasteiger partial charge in [0, 0.05) is 43.5 Å². The molecule has 0 bridgehead atoms. The number of hydroxylamine groups is 1. The van der Waals surface area contributed by atoms with Crippen LogP contribution in [-0.2, 0) is 11.3 Å². The van der Waals surface area contributed by atoms with Crippen molar-refractivity contribution in [3.8, 4) is 11.4 Å². The summed E-state index contributed by atoms with van der Waals surface area (Å²) in [7, 11) is 1.84. The van der Waals surface area contributed by atoms with Crippen LogP contribution in [0, 0.1) is 0 Å². The van der Waals surface area contributed by atoms with Gasteiger partial charge in [-0.05, 0) is 6.07 Å². The molecule has 188 valence electrons. The molecule has 1 saturated heterocycles. The first kappa shape index (κ1) is 23.1. The molecule has 1 aromatic carbocycles. The molecule has 0 spiro atoms. The van der Waals surface area contributed by atoms with E-state index in [1.54, 1.807) is 11.7 Å². The fourth-order valence-corrected chi connectivity index (χ4v) is 5.24. The van der Waals surface area contributed by atoms with E-state index in [9.17, 15) is 4.79 Å². The van der Waals surface area contributed by atoms with E-state index in [0.29, 0.717) is 37.2 Å². The third kappa shape index (κ3) is 4.41. The van der Waals surface area contributed by atoms with Crippen molar-refractivity contribution in [1.29, 1.82) is 0 Å². The summed E-state index contributed by atoms with van der Waals surface area (Å²) in [5.41, 5.74) is 4.15. The van der Waals surface area contributed by atoms with Crippen molar-refractivity contribution in [2.45, 2.75) is 6.54 Å². The molecule has 5 aromatic rings. The highest BCUT2D eigenvalue weighted by Gasteiger charge is 2.22. The van der Waals surface area contributed by atoms with Crippen LogP contribution in [0.15, 0.2) is 36.8 Å². The number of ether oxygens (including phenoxy) is 1. The molecule has 0 saturated carbocycles. The normalized spacial score (nSPS) is 13.8. The minimum Gasteiger partial charge on any atom is -0.378 e. The Hall–Kier alpha value is -4.27. The second-order valence-electron chi connectivity index (χ2n) is 8.44. The van der Waals surface area contributed by atoms with Crippen molar-refractivity contribution >= 4 is 50.3 Å². The Balaban J connectivity index is 1.37. The van der Waals surface area contributed by atoms with Crippen molar-refractivity contribution in [1.82, 2.24) is 40.6 Å². The Labute approximate surface area is 214 Å². The number of rotatable bonds is 6. The third-order valence-electron chi connectivity index (χ3n) is 6.03. The maximum atomic E-state index is 11.5. The standard InChI is InChI=1S/C23H22N10O3S/c1-32(23-24-9-13(10-25-23)22(34)31-35)12-17-27-20-18(37-17)21(33-5-7-36-8-6-33)29-19(28-20)14-3-2-4-16-15(14)11-26-30-16/h2-4,9-11,35H,5-8,12H2,1H3,(H,26,30)(H,31,34). The van der Waals surface area contributed by atoms with E-state index >= 15 is 0 Å². The summed E-state index contributed by atoms with van der Waals surface area (Å²) in [5, 5.41) is 17.7. The van der Waals surface area contributed by atoms with Gasteiger partial charge in [0.15, 0.2) is 17.3 Å². The lowest BCUT2D eigenvalue weighted by Crippen LogP contribution is -2.36. The molecule has 1 amide bonds. The van der Waals surface area contributed by atoms with Crippen LogP contribution in [0.25, 0.3) is 32.6 Å². The zero-order chi connectivity index (χ0) is 25.4. The van der Waals surface area contributed by atoms with Crippen molar-refractivity contribution in [2.75, 3.05) is 43.2 Å². The summed E-state index contributed by atoms with van der Waals surface area (Å²) in [6.45, 7) is 3.16. The lowest BCUT2D eigenvalue weighted by atomic mass is 10.1. The number of hydrogen-bond donors (Lipinski definition) is 3. The van der Waals surface area contributed by atoms with E-state index in [2.05, 4.69) is 25.1 Å². The van der Waals surface area contributed by atoms with E-state index < -0.39 is 5.91 Å². The molecule has 0 radical (unpaired) electrons. The molecular weight excluding hydrogens is 496 g/mol. The number of aromatic amines is 1. The summed E-state index contributed by atoms with van der Waals surface area (Å²) in [6, 6.07) is 5.91. The molecule has 1 fully saturated rings. The van der Waals surface area contributed by atoms with Crippen molar-refractivity contribution in [2.24, 2.45) is 0 Å². The van der Waals surface area contributed by atoms with Crippen LogP contribution in [0.2, 0.25) is 0 Å². The molecule has 0 atom stereocenters. The monoisotopic (exact) mass is 518 g/mol. The molecule has 5 heterocycles. The first-order valence-electron chi connectivity index (χ1n) is 11.5. The zero-order valence-corrected chi connectivity index (χ0v) is 20.6. The van der Waals surface area contributed by atoms with Gasteiger partial charge in [0.1, 0.15) is 9.71 Å². The first-order valence-corrected chi connectivity index (χ1v) is 12.3.